The highest BCUT2D eigenvalue weighted by atomic mass is 16.5. The number of nitrogens with one attached hydrogen (secondary N) is 1. The summed E-state index contributed by atoms with van der Waals surface area (Å²) in [5, 5.41) is 3.35. The zero-order valence-electron chi connectivity index (χ0n) is 17.9. The number of nitrogens with zero attached hydrogens (tertiary/aromatic N) is 2. The van der Waals surface area contributed by atoms with Crippen molar-refractivity contribution in [2.45, 2.75) is 65.3 Å². The van der Waals surface area contributed by atoms with Crippen LogP contribution in [-0.2, 0) is 4.74 Å². The Hall–Kier alpha value is -1.46. The molecule has 0 aromatic carbocycles. The van der Waals surface area contributed by atoms with E-state index in [1.54, 1.807) is 6.20 Å². The van der Waals surface area contributed by atoms with Crippen LogP contribution in [0.5, 0.6) is 0 Å². The quantitative estimate of drug-likeness (QED) is 0.774. The fourth-order valence-electron chi connectivity index (χ4n) is 4.87. The molecule has 2 heterocycles. The van der Waals surface area contributed by atoms with Crippen LogP contribution < -0.4 is 5.32 Å². The topological polar surface area (TPSA) is 54.5 Å². The molecule has 1 amide bonds. The summed E-state index contributed by atoms with van der Waals surface area (Å²) >= 11 is 0. The molecule has 2 aliphatic rings. The monoisotopic (exact) mass is 387 g/mol. The van der Waals surface area contributed by atoms with Crippen LogP contribution in [0.15, 0.2) is 12.3 Å². The lowest BCUT2D eigenvalue weighted by atomic mass is 9.83. The summed E-state index contributed by atoms with van der Waals surface area (Å²) < 4.78 is 5.66. The fraction of sp³-hybridized carbons (Fsp3) is 0.739. The molecule has 0 bridgehead atoms. The second-order valence-electron chi connectivity index (χ2n) is 8.69. The molecule has 3 rings (SSSR count). The number of aromatic nitrogens is 1. The van der Waals surface area contributed by atoms with Gasteiger partial charge in [-0.05, 0) is 76.5 Å². The van der Waals surface area contributed by atoms with Crippen molar-refractivity contribution in [1.82, 2.24) is 15.2 Å². The first-order valence-electron chi connectivity index (χ1n) is 11.1. The van der Waals surface area contributed by atoms with E-state index in [1.165, 1.54) is 38.6 Å². The second-order valence-corrected chi connectivity index (χ2v) is 8.69. The Morgan fingerprint density at radius 2 is 2.07 bits per heavy atom. The van der Waals surface area contributed by atoms with Crippen molar-refractivity contribution in [3.05, 3.63) is 29.1 Å². The maximum Gasteiger partial charge on any atom is 0.253 e. The number of likely N-dealkylation sites (tertiary alicyclic amines) is 1. The predicted octanol–water partition coefficient (Wildman–Crippen LogP) is 3.74. The van der Waals surface area contributed by atoms with Crippen molar-refractivity contribution < 1.29 is 9.53 Å². The van der Waals surface area contributed by atoms with E-state index >= 15 is 0 Å². The summed E-state index contributed by atoms with van der Waals surface area (Å²) in [6, 6.07) is 2.26. The number of hydrogen-bond donors (Lipinski definition) is 1. The summed E-state index contributed by atoms with van der Waals surface area (Å²) in [5.74, 6) is 1.24. The van der Waals surface area contributed by atoms with Gasteiger partial charge < -0.3 is 15.0 Å². The molecule has 0 spiro atoms. The summed E-state index contributed by atoms with van der Waals surface area (Å²) in [4.78, 5) is 19.8. The number of piperidine rings is 1. The van der Waals surface area contributed by atoms with E-state index in [0.717, 1.165) is 44.0 Å². The van der Waals surface area contributed by atoms with E-state index < -0.39 is 0 Å². The molecule has 1 aliphatic heterocycles. The molecule has 156 valence electrons. The summed E-state index contributed by atoms with van der Waals surface area (Å²) in [7, 11) is 0. The highest BCUT2D eigenvalue weighted by Gasteiger charge is 2.30. The Morgan fingerprint density at radius 1 is 1.25 bits per heavy atom. The van der Waals surface area contributed by atoms with Gasteiger partial charge in [0.1, 0.15) is 0 Å². The highest BCUT2D eigenvalue weighted by molar-refractivity contribution is 5.95. The normalized spacial score (nSPS) is 26.2. The molecule has 5 heteroatoms. The number of ether oxygens (including phenoxy) is 1. The molecule has 28 heavy (non-hydrogen) atoms. The van der Waals surface area contributed by atoms with Crippen molar-refractivity contribution >= 4 is 5.91 Å². The predicted molar refractivity (Wildman–Crippen MR) is 113 cm³/mol. The SMILES string of the molecule is CCOC[C@@H]1CCCN(C[C@H]2CCCC[C@@H]2NC(=O)c2cnc(C)cc2C)C1. The van der Waals surface area contributed by atoms with E-state index in [1.807, 2.05) is 19.9 Å². The van der Waals surface area contributed by atoms with Gasteiger partial charge in [0.15, 0.2) is 0 Å². The number of aryl methyl sites for hydroxylation is 2. The van der Waals surface area contributed by atoms with Gasteiger partial charge in [-0.15, -0.1) is 0 Å². The van der Waals surface area contributed by atoms with Crippen LogP contribution in [0.3, 0.4) is 0 Å². The van der Waals surface area contributed by atoms with Crippen molar-refractivity contribution in [2.24, 2.45) is 11.8 Å². The van der Waals surface area contributed by atoms with Crippen LogP contribution in [0.1, 0.15) is 67.1 Å². The Kier molecular flexibility index (Phi) is 7.86. The second kappa shape index (κ2) is 10.4. The van der Waals surface area contributed by atoms with Crippen molar-refractivity contribution in [3.63, 3.8) is 0 Å². The van der Waals surface area contributed by atoms with E-state index in [-0.39, 0.29) is 11.9 Å². The van der Waals surface area contributed by atoms with Gasteiger partial charge >= 0.3 is 0 Å². The van der Waals surface area contributed by atoms with E-state index in [9.17, 15) is 4.79 Å². The number of hydrogen-bond acceptors (Lipinski definition) is 4. The van der Waals surface area contributed by atoms with Gasteiger partial charge in [-0.3, -0.25) is 9.78 Å². The van der Waals surface area contributed by atoms with Gasteiger partial charge in [0.05, 0.1) is 12.2 Å². The van der Waals surface area contributed by atoms with E-state index in [4.69, 9.17) is 4.74 Å². The molecular weight excluding hydrogens is 350 g/mol. The standard InChI is InChI=1S/C23H37N3O2/c1-4-28-16-19-8-7-11-26(14-19)15-20-9-5-6-10-22(20)25-23(27)21-13-24-18(3)12-17(21)2/h12-13,19-20,22H,4-11,14-16H2,1-3H3,(H,25,27)/t19-,20-,22+/m1/s1. The Balaban J connectivity index is 1.58. The zero-order chi connectivity index (χ0) is 19.9. The van der Waals surface area contributed by atoms with E-state index in [2.05, 4.69) is 22.1 Å². The van der Waals surface area contributed by atoms with Crippen LogP contribution >= 0.6 is 0 Å². The Bertz CT molecular complexity index is 649. The van der Waals surface area contributed by atoms with Crippen LogP contribution in [0, 0.1) is 25.7 Å². The van der Waals surface area contributed by atoms with Crippen LogP contribution in [0.2, 0.25) is 0 Å². The number of rotatable bonds is 7. The van der Waals surface area contributed by atoms with Gasteiger partial charge in [0.25, 0.3) is 5.91 Å². The molecule has 1 saturated heterocycles. The van der Waals surface area contributed by atoms with Crippen molar-refractivity contribution in [3.8, 4) is 0 Å². The van der Waals surface area contributed by atoms with Crippen LogP contribution in [0.25, 0.3) is 0 Å². The fourth-order valence-corrected chi connectivity index (χ4v) is 4.87. The first-order valence-corrected chi connectivity index (χ1v) is 11.1. The number of amides is 1. The molecule has 1 aliphatic carbocycles. The van der Waals surface area contributed by atoms with E-state index in [0.29, 0.717) is 17.4 Å². The van der Waals surface area contributed by atoms with Crippen molar-refractivity contribution in [1.29, 1.82) is 0 Å². The van der Waals surface area contributed by atoms with Gasteiger partial charge in [-0.2, -0.15) is 0 Å². The van der Waals surface area contributed by atoms with Gasteiger partial charge in [-0.1, -0.05) is 12.8 Å². The zero-order valence-corrected chi connectivity index (χ0v) is 17.9. The third kappa shape index (κ3) is 5.77. The van der Waals surface area contributed by atoms with Crippen molar-refractivity contribution in [2.75, 3.05) is 32.8 Å². The number of pyridine rings is 1. The first kappa shape index (κ1) is 21.3. The summed E-state index contributed by atoms with van der Waals surface area (Å²) in [5.41, 5.74) is 2.67. The minimum Gasteiger partial charge on any atom is -0.381 e. The maximum absolute atomic E-state index is 12.9. The van der Waals surface area contributed by atoms with Gasteiger partial charge in [-0.25, -0.2) is 0 Å². The molecule has 2 fully saturated rings. The molecule has 0 radical (unpaired) electrons. The molecule has 3 atom stereocenters. The van der Waals surface area contributed by atoms with Crippen LogP contribution in [0.4, 0.5) is 0 Å². The maximum atomic E-state index is 12.9. The minimum atomic E-state index is 0.0368. The minimum absolute atomic E-state index is 0.0368. The molecule has 5 nitrogen and oxygen atoms in total. The van der Waals surface area contributed by atoms with Crippen LogP contribution in [-0.4, -0.2) is 54.7 Å². The first-order chi connectivity index (χ1) is 13.6. The lowest BCUT2D eigenvalue weighted by Crippen LogP contribution is -2.48. The molecule has 0 unspecified atom stereocenters. The Labute approximate surface area is 170 Å². The molecule has 1 aromatic heterocycles. The number of carbonyl (C=O) groups is 1. The van der Waals surface area contributed by atoms with Gasteiger partial charge in [0, 0.05) is 37.6 Å². The average molecular weight is 388 g/mol. The lowest BCUT2D eigenvalue weighted by Gasteiger charge is -2.39. The largest absolute Gasteiger partial charge is 0.381 e. The third-order valence-corrected chi connectivity index (χ3v) is 6.37. The van der Waals surface area contributed by atoms with Gasteiger partial charge in [0.2, 0.25) is 0 Å². The smallest absolute Gasteiger partial charge is 0.253 e. The molecular formula is C23H37N3O2. The molecule has 1 N–H and O–H groups in total. The Morgan fingerprint density at radius 3 is 2.86 bits per heavy atom. The average Bonchev–Trinajstić information content (AvgIpc) is 2.68. The summed E-state index contributed by atoms with van der Waals surface area (Å²) in [6.07, 6.45) is 9.04. The highest BCUT2D eigenvalue weighted by Crippen LogP contribution is 2.28. The lowest BCUT2D eigenvalue weighted by molar-refractivity contribution is 0.0548. The third-order valence-electron chi connectivity index (χ3n) is 6.37. The number of carbonyl (C=O) groups excluding carboxylic acids is 1. The summed E-state index contributed by atoms with van der Waals surface area (Å²) in [6.45, 7) is 11.1. The molecule has 1 saturated carbocycles. The molecule has 1 aromatic rings.